The maximum absolute atomic E-state index is 6.80. The molecule has 52 heavy (non-hydrogen) atoms. The van der Waals surface area contributed by atoms with Gasteiger partial charge in [-0.2, -0.15) is 0 Å². The van der Waals surface area contributed by atoms with E-state index in [0.717, 1.165) is 50.5 Å². The van der Waals surface area contributed by atoms with Gasteiger partial charge in [-0.25, -0.2) is 0 Å². The summed E-state index contributed by atoms with van der Waals surface area (Å²) in [4.78, 5) is 2.37. The van der Waals surface area contributed by atoms with Crippen LogP contribution >= 0.6 is 0 Å². The molecule has 0 unspecified atom stereocenters. The van der Waals surface area contributed by atoms with Gasteiger partial charge in [0.1, 0.15) is 11.3 Å². The summed E-state index contributed by atoms with van der Waals surface area (Å²) in [5.74, 6) is 0.855. The molecule has 1 aromatic heterocycles. The number of rotatable bonds is 6. The zero-order valence-electron chi connectivity index (χ0n) is 28.4. The lowest BCUT2D eigenvalue weighted by atomic mass is 9.93. The Kier molecular flexibility index (Phi) is 7.18. The van der Waals surface area contributed by atoms with Crippen molar-refractivity contribution in [3.05, 3.63) is 200 Å². The van der Waals surface area contributed by atoms with Crippen molar-refractivity contribution in [3.63, 3.8) is 0 Å². The van der Waals surface area contributed by atoms with E-state index < -0.39 is 0 Å². The first-order chi connectivity index (χ1) is 25.8. The highest BCUT2D eigenvalue weighted by atomic mass is 16.3. The number of furan rings is 1. The predicted molar refractivity (Wildman–Crippen MR) is 220 cm³/mol. The Labute approximate surface area is 302 Å². The Bertz CT molecular complexity index is 2900. The fourth-order valence-electron chi connectivity index (χ4n) is 7.81. The molecule has 2 heteroatoms. The van der Waals surface area contributed by atoms with E-state index in [4.69, 9.17) is 4.42 Å². The molecule has 244 valence electrons. The Balaban J connectivity index is 1.18. The number of hydrogen-bond donors (Lipinski definition) is 0. The first kappa shape index (κ1) is 30.0. The summed E-state index contributed by atoms with van der Waals surface area (Å²) in [5.41, 5.74) is 9.71. The van der Waals surface area contributed by atoms with Gasteiger partial charge in [-0.15, -0.1) is 0 Å². The van der Waals surface area contributed by atoms with E-state index in [9.17, 15) is 0 Å². The van der Waals surface area contributed by atoms with Gasteiger partial charge < -0.3 is 9.32 Å². The second-order valence-corrected chi connectivity index (χ2v) is 13.3. The summed E-state index contributed by atoms with van der Waals surface area (Å²) in [6, 6.07) is 71.6. The molecule has 0 aliphatic rings. The van der Waals surface area contributed by atoms with Gasteiger partial charge in [-0.05, 0) is 97.5 Å². The van der Waals surface area contributed by atoms with E-state index in [1.165, 1.54) is 43.4 Å². The maximum Gasteiger partial charge on any atom is 0.145 e. The fraction of sp³-hybridized carbons (Fsp3) is 0. The highest BCUT2D eigenvalue weighted by molar-refractivity contribution is 6.14. The largest absolute Gasteiger partial charge is 0.455 e. The van der Waals surface area contributed by atoms with Crippen molar-refractivity contribution in [2.45, 2.75) is 0 Å². The number of fused-ring (bicyclic) bond motifs is 5. The normalized spacial score (nSPS) is 11.5. The Morgan fingerprint density at radius 2 is 0.962 bits per heavy atom. The van der Waals surface area contributed by atoms with Crippen LogP contribution in [0.5, 0.6) is 0 Å². The van der Waals surface area contributed by atoms with Gasteiger partial charge in [0.25, 0.3) is 0 Å². The number of hydrogen-bond acceptors (Lipinski definition) is 2. The Morgan fingerprint density at radius 1 is 0.346 bits per heavy atom. The van der Waals surface area contributed by atoms with E-state index in [1.807, 2.05) is 6.07 Å². The average Bonchev–Trinajstić information content (AvgIpc) is 3.61. The lowest BCUT2D eigenvalue weighted by molar-refractivity contribution is 0.632. The van der Waals surface area contributed by atoms with Crippen molar-refractivity contribution in [1.82, 2.24) is 0 Å². The highest BCUT2D eigenvalue weighted by Gasteiger charge is 2.24. The number of para-hydroxylation sites is 2. The van der Waals surface area contributed by atoms with Gasteiger partial charge in [-0.3, -0.25) is 0 Å². The summed E-state index contributed by atoms with van der Waals surface area (Å²) in [6.07, 6.45) is 0. The lowest BCUT2D eigenvalue weighted by Gasteiger charge is -2.28. The molecule has 0 aliphatic heterocycles. The predicted octanol–water partition coefficient (Wildman–Crippen LogP) is 14.4. The van der Waals surface area contributed by atoms with Crippen LogP contribution in [0.25, 0.3) is 76.9 Å². The molecule has 0 radical (unpaired) electrons. The molecule has 0 atom stereocenters. The molecule has 10 aromatic rings. The Hall–Kier alpha value is -6.90. The van der Waals surface area contributed by atoms with Gasteiger partial charge in [0.05, 0.1) is 5.69 Å². The van der Waals surface area contributed by atoms with Crippen LogP contribution in [0.3, 0.4) is 0 Å². The SMILES string of the molecule is c1ccc(-c2c(-c3ccccc3N(c3ccc(-c4cc5ccccc5c5ccccc45)cc3)c3ccc4ccccc4c3)oc3ccccc23)cc1. The molecule has 0 saturated carbocycles. The second-order valence-electron chi connectivity index (χ2n) is 13.3. The van der Waals surface area contributed by atoms with Crippen molar-refractivity contribution in [2.24, 2.45) is 0 Å². The monoisotopic (exact) mass is 663 g/mol. The molecule has 10 rings (SSSR count). The lowest BCUT2D eigenvalue weighted by Crippen LogP contribution is -2.11. The van der Waals surface area contributed by atoms with Crippen LogP contribution in [0.2, 0.25) is 0 Å². The third-order valence-electron chi connectivity index (χ3n) is 10.2. The molecule has 9 aromatic carbocycles. The van der Waals surface area contributed by atoms with Crippen molar-refractivity contribution >= 4 is 60.3 Å². The molecule has 0 spiro atoms. The van der Waals surface area contributed by atoms with Gasteiger partial charge >= 0.3 is 0 Å². The molecule has 1 heterocycles. The minimum absolute atomic E-state index is 0.855. The topological polar surface area (TPSA) is 16.4 Å². The van der Waals surface area contributed by atoms with E-state index in [-0.39, 0.29) is 0 Å². The Morgan fingerprint density at radius 3 is 1.79 bits per heavy atom. The first-order valence-electron chi connectivity index (χ1n) is 17.8. The summed E-state index contributed by atoms with van der Waals surface area (Å²) >= 11 is 0. The zero-order valence-corrected chi connectivity index (χ0v) is 28.4. The number of anilines is 3. The molecule has 0 fully saturated rings. The van der Waals surface area contributed by atoms with Crippen molar-refractivity contribution < 1.29 is 4.42 Å². The summed E-state index contributed by atoms with van der Waals surface area (Å²) in [5, 5.41) is 8.54. The molecule has 0 bridgehead atoms. The average molecular weight is 664 g/mol. The minimum atomic E-state index is 0.855. The van der Waals surface area contributed by atoms with Gasteiger partial charge in [0, 0.05) is 27.9 Å². The van der Waals surface area contributed by atoms with Crippen LogP contribution < -0.4 is 4.90 Å². The second kappa shape index (κ2) is 12.5. The van der Waals surface area contributed by atoms with Gasteiger partial charge in [-0.1, -0.05) is 152 Å². The molecule has 0 amide bonds. The number of benzene rings is 9. The third-order valence-corrected chi connectivity index (χ3v) is 10.2. The van der Waals surface area contributed by atoms with Crippen LogP contribution in [0.4, 0.5) is 17.1 Å². The molecule has 0 aliphatic carbocycles. The van der Waals surface area contributed by atoms with Crippen LogP contribution in [0.1, 0.15) is 0 Å². The van der Waals surface area contributed by atoms with E-state index in [0.29, 0.717) is 0 Å². The van der Waals surface area contributed by atoms with Crippen molar-refractivity contribution in [2.75, 3.05) is 4.90 Å². The summed E-state index contributed by atoms with van der Waals surface area (Å²) in [7, 11) is 0. The molecule has 0 saturated heterocycles. The maximum atomic E-state index is 6.80. The fourth-order valence-corrected chi connectivity index (χ4v) is 7.81. The standard InChI is InChI=1S/C50H33NO/c1-2-15-36(16-3-1)49-45-23-11-13-25-48(45)52-50(49)44-22-10-12-24-47(44)51(40-31-26-34-14-4-5-17-37(34)32-40)39-29-27-35(28-30-39)46-33-38-18-6-7-19-41(38)42-20-8-9-21-43(42)46/h1-33H. The first-order valence-corrected chi connectivity index (χ1v) is 17.8. The van der Waals surface area contributed by atoms with E-state index >= 15 is 0 Å². The van der Waals surface area contributed by atoms with Crippen molar-refractivity contribution in [3.8, 4) is 33.6 Å². The molecular formula is C50H33NO. The summed E-state index contributed by atoms with van der Waals surface area (Å²) < 4.78 is 6.80. The third kappa shape index (κ3) is 5.04. The number of nitrogens with zero attached hydrogens (tertiary/aromatic N) is 1. The molecule has 2 nitrogen and oxygen atoms in total. The van der Waals surface area contributed by atoms with Gasteiger partial charge in [0.2, 0.25) is 0 Å². The van der Waals surface area contributed by atoms with E-state index in [1.54, 1.807) is 0 Å². The molecule has 0 N–H and O–H groups in total. The van der Waals surface area contributed by atoms with Crippen LogP contribution in [0.15, 0.2) is 205 Å². The van der Waals surface area contributed by atoms with Crippen molar-refractivity contribution in [1.29, 1.82) is 0 Å². The van der Waals surface area contributed by atoms with Crippen LogP contribution in [-0.2, 0) is 0 Å². The smallest absolute Gasteiger partial charge is 0.145 e. The quantitative estimate of drug-likeness (QED) is 0.165. The van der Waals surface area contributed by atoms with Crippen LogP contribution in [-0.4, -0.2) is 0 Å². The zero-order chi connectivity index (χ0) is 34.4. The highest BCUT2D eigenvalue weighted by Crippen LogP contribution is 2.47. The summed E-state index contributed by atoms with van der Waals surface area (Å²) in [6.45, 7) is 0. The molecular weight excluding hydrogens is 631 g/mol. The van der Waals surface area contributed by atoms with Gasteiger partial charge in [0.15, 0.2) is 0 Å². The van der Waals surface area contributed by atoms with E-state index in [2.05, 4.69) is 199 Å². The minimum Gasteiger partial charge on any atom is -0.455 e. The van der Waals surface area contributed by atoms with Crippen LogP contribution in [0, 0.1) is 0 Å².